The highest BCUT2D eigenvalue weighted by atomic mass is 16.3. The summed E-state index contributed by atoms with van der Waals surface area (Å²) in [6, 6.07) is 8.63. The van der Waals surface area contributed by atoms with Crippen LogP contribution in [0.4, 0.5) is 5.69 Å². The Labute approximate surface area is 85.2 Å². The van der Waals surface area contributed by atoms with E-state index < -0.39 is 0 Å². The Morgan fingerprint density at radius 2 is 2.29 bits per heavy atom. The summed E-state index contributed by atoms with van der Waals surface area (Å²) in [6.07, 6.45) is 0.588. The van der Waals surface area contributed by atoms with Crippen molar-refractivity contribution in [1.29, 1.82) is 0 Å². The van der Waals surface area contributed by atoms with Crippen LogP contribution in [-0.2, 0) is 0 Å². The van der Waals surface area contributed by atoms with Crippen LogP contribution >= 0.6 is 0 Å². The zero-order valence-electron chi connectivity index (χ0n) is 8.70. The van der Waals surface area contributed by atoms with E-state index in [1.165, 1.54) is 0 Å². The molecule has 3 N–H and O–H groups in total. The zero-order chi connectivity index (χ0) is 10.6. The summed E-state index contributed by atoms with van der Waals surface area (Å²) in [7, 11) is 3.94. The van der Waals surface area contributed by atoms with E-state index in [-0.39, 0.29) is 12.6 Å². The Hall–Kier alpha value is -1.06. The van der Waals surface area contributed by atoms with Gasteiger partial charge >= 0.3 is 0 Å². The van der Waals surface area contributed by atoms with Crippen LogP contribution in [-0.4, -0.2) is 25.8 Å². The van der Waals surface area contributed by atoms with Gasteiger partial charge in [-0.1, -0.05) is 12.1 Å². The lowest BCUT2D eigenvalue weighted by Gasteiger charge is -2.20. The molecule has 0 amide bonds. The highest BCUT2D eigenvalue weighted by Crippen LogP contribution is 2.24. The van der Waals surface area contributed by atoms with Crippen LogP contribution in [0, 0.1) is 6.07 Å². The molecule has 0 saturated carbocycles. The fourth-order valence-electron chi connectivity index (χ4n) is 1.43. The largest absolute Gasteiger partial charge is 0.396 e. The number of aliphatic hydroxyl groups excluding tert-OH is 1. The van der Waals surface area contributed by atoms with Crippen LogP contribution in [0.1, 0.15) is 18.0 Å². The molecule has 1 unspecified atom stereocenters. The molecule has 0 aliphatic carbocycles. The molecular weight excluding hydrogens is 176 g/mol. The van der Waals surface area contributed by atoms with Gasteiger partial charge in [0.15, 0.2) is 0 Å². The fraction of sp³-hybridized carbons (Fsp3) is 0.455. The molecule has 14 heavy (non-hydrogen) atoms. The van der Waals surface area contributed by atoms with Gasteiger partial charge < -0.3 is 15.7 Å². The van der Waals surface area contributed by atoms with Crippen LogP contribution in [0.3, 0.4) is 0 Å². The van der Waals surface area contributed by atoms with E-state index in [0.29, 0.717) is 6.42 Å². The molecule has 1 radical (unpaired) electrons. The van der Waals surface area contributed by atoms with Crippen molar-refractivity contribution in [2.24, 2.45) is 5.73 Å². The average Bonchev–Trinajstić information content (AvgIpc) is 2.18. The molecule has 0 heterocycles. The summed E-state index contributed by atoms with van der Waals surface area (Å²) in [5.41, 5.74) is 8.07. The monoisotopic (exact) mass is 193 g/mol. The molecule has 1 rings (SSSR count). The van der Waals surface area contributed by atoms with E-state index in [4.69, 9.17) is 10.8 Å². The van der Waals surface area contributed by atoms with Gasteiger partial charge in [0.25, 0.3) is 0 Å². The summed E-state index contributed by atoms with van der Waals surface area (Å²) in [4.78, 5) is 2.00. The fourth-order valence-corrected chi connectivity index (χ4v) is 1.43. The SMILES string of the molecule is CN(C)c1c[c]ccc1C(N)CCO. The molecule has 0 fully saturated rings. The Kier molecular flexibility index (Phi) is 3.92. The molecule has 3 nitrogen and oxygen atoms in total. The van der Waals surface area contributed by atoms with Crippen molar-refractivity contribution in [1.82, 2.24) is 0 Å². The van der Waals surface area contributed by atoms with Crippen molar-refractivity contribution in [3.8, 4) is 0 Å². The van der Waals surface area contributed by atoms with E-state index in [1.54, 1.807) is 0 Å². The highest BCUT2D eigenvalue weighted by Gasteiger charge is 2.10. The first-order valence-electron chi connectivity index (χ1n) is 4.70. The highest BCUT2D eigenvalue weighted by molar-refractivity contribution is 5.53. The Morgan fingerprint density at radius 1 is 1.57 bits per heavy atom. The topological polar surface area (TPSA) is 49.5 Å². The Morgan fingerprint density at radius 3 is 2.86 bits per heavy atom. The number of hydrogen-bond donors (Lipinski definition) is 2. The minimum Gasteiger partial charge on any atom is -0.396 e. The summed E-state index contributed by atoms with van der Waals surface area (Å²) < 4.78 is 0. The number of anilines is 1. The lowest BCUT2D eigenvalue weighted by Crippen LogP contribution is -2.18. The van der Waals surface area contributed by atoms with Crippen molar-refractivity contribution < 1.29 is 5.11 Å². The molecule has 1 atom stereocenters. The third-order valence-electron chi connectivity index (χ3n) is 2.20. The predicted molar refractivity (Wildman–Crippen MR) is 58.2 cm³/mol. The summed E-state index contributed by atoms with van der Waals surface area (Å²) in [5.74, 6) is 0. The van der Waals surface area contributed by atoms with Gasteiger partial charge in [-0.3, -0.25) is 0 Å². The first-order chi connectivity index (χ1) is 6.66. The molecule has 77 valence electrons. The number of nitrogens with zero attached hydrogens (tertiary/aromatic N) is 1. The molecule has 0 aliphatic rings. The molecule has 0 aliphatic heterocycles. The van der Waals surface area contributed by atoms with Gasteiger partial charge in [0.2, 0.25) is 0 Å². The zero-order valence-corrected chi connectivity index (χ0v) is 8.70. The predicted octanol–water partition coefficient (Wildman–Crippen LogP) is 0.935. The van der Waals surface area contributed by atoms with Crippen molar-refractivity contribution in [2.45, 2.75) is 12.5 Å². The number of nitrogens with two attached hydrogens (primary N) is 1. The smallest absolute Gasteiger partial charge is 0.0449 e. The molecule has 0 aromatic heterocycles. The number of benzene rings is 1. The summed E-state index contributed by atoms with van der Waals surface area (Å²) in [6.45, 7) is 0.118. The minimum absolute atomic E-state index is 0.105. The lowest BCUT2D eigenvalue weighted by atomic mass is 10.0. The second-order valence-electron chi connectivity index (χ2n) is 3.50. The maximum absolute atomic E-state index is 8.83. The second-order valence-corrected chi connectivity index (χ2v) is 3.50. The lowest BCUT2D eigenvalue weighted by molar-refractivity contribution is 0.276. The Balaban J connectivity index is 2.94. The molecule has 3 heteroatoms. The third kappa shape index (κ3) is 2.47. The molecule has 0 saturated heterocycles. The van der Waals surface area contributed by atoms with Gasteiger partial charge in [0, 0.05) is 32.4 Å². The Bertz CT molecular complexity index is 286. The van der Waals surface area contributed by atoms with Crippen LogP contribution < -0.4 is 10.6 Å². The standard InChI is InChI=1S/C11H17N2O/c1-13(2)11-6-4-3-5-9(11)10(12)7-8-14/h3,5-6,10,14H,7-8,12H2,1-2H3. The minimum atomic E-state index is -0.105. The summed E-state index contributed by atoms with van der Waals surface area (Å²) in [5, 5.41) is 8.83. The van der Waals surface area contributed by atoms with E-state index in [2.05, 4.69) is 6.07 Å². The molecule has 0 bridgehead atoms. The van der Waals surface area contributed by atoms with E-state index in [1.807, 2.05) is 37.2 Å². The quantitative estimate of drug-likeness (QED) is 0.748. The van der Waals surface area contributed by atoms with Crippen LogP contribution in [0.2, 0.25) is 0 Å². The van der Waals surface area contributed by atoms with Crippen LogP contribution in [0.15, 0.2) is 18.2 Å². The van der Waals surface area contributed by atoms with Crippen LogP contribution in [0.5, 0.6) is 0 Å². The van der Waals surface area contributed by atoms with Crippen molar-refractivity contribution >= 4 is 5.69 Å². The van der Waals surface area contributed by atoms with E-state index in [9.17, 15) is 0 Å². The van der Waals surface area contributed by atoms with Gasteiger partial charge in [-0.15, -0.1) is 0 Å². The second kappa shape index (κ2) is 4.98. The van der Waals surface area contributed by atoms with Crippen LogP contribution in [0.25, 0.3) is 0 Å². The van der Waals surface area contributed by atoms with E-state index >= 15 is 0 Å². The maximum atomic E-state index is 8.83. The number of hydrogen-bond acceptors (Lipinski definition) is 3. The van der Waals surface area contributed by atoms with Crippen molar-refractivity contribution in [2.75, 3.05) is 25.6 Å². The summed E-state index contributed by atoms with van der Waals surface area (Å²) >= 11 is 0. The normalized spacial score (nSPS) is 12.6. The molecule has 1 aromatic carbocycles. The van der Waals surface area contributed by atoms with Gasteiger partial charge in [0.05, 0.1) is 0 Å². The maximum Gasteiger partial charge on any atom is 0.0449 e. The van der Waals surface area contributed by atoms with E-state index in [0.717, 1.165) is 11.3 Å². The van der Waals surface area contributed by atoms with Gasteiger partial charge in [-0.05, 0) is 24.1 Å². The number of rotatable bonds is 4. The third-order valence-corrected chi connectivity index (χ3v) is 2.20. The van der Waals surface area contributed by atoms with Gasteiger partial charge in [0.1, 0.15) is 0 Å². The first kappa shape index (κ1) is 11.0. The van der Waals surface area contributed by atoms with Crippen molar-refractivity contribution in [3.63, 3.8) is 0 Å². The first-order valence-corrected chi connectivity index (χ1v) is 4.70. The van der Waals surface area contributed by atoms with Gasteiger partial charge in [-0.25, -0.2) is 0 Å². The number of aliphatic hydroxyl groups is 1. The molecule has 0 spiro atoms. The van der Waals surface area contributed by atoms with Gasteiger partial charge in [-0.2, -0.15) is 0 Å². The molecule has 1 aromatic rings. The van der Waals surface area contributed by atoms with Crippen molar-refractivity contribution in [3.05, 3.63) is 29.8 Å². The molecular formula is C11H17N2O. The average molecular weight is 193 g/mol.